The van der Waals surface area contributed by atoms with Gasteiger partial charge in [-0.05, 0) is 43.4 Å². The van der Waals surface area contributed by atoms with Gasteiger partial charge in [0.2, 0.25) is 17.8 Å². The highest BCUT2D eigenvalue weighted by molar-refractivity contribution is 9.10. The summed E-state index contributed by atoms with van der Waals surface area (Å²) in [7, 11) is 0. The Bertz CT molecular complexity index is 799. The molecule has 0 bridgehead atoms. The van der Waals surface area contributed by atoms with E-state index >= 15 is 0 Å². The number of hydrogen-bond donors (Lipinski definition) is 2. The van der Waals surface area contributed by atoms with Crippen LogP contribution in [0.5, 0.6) is 0 Å². The molecule has 0 radical (unpaired) electrons. The van der Waals surface area contributed by atoms with Gasteiger partial charge in [-0.15, -0.1) is 5.10 Å². The van der Waals surface area contributed by atoms with Crippen molar-refractivity contribution in [1.82, 2.24) is 20.1 Å². The summed E-state index contributed by atoms with van der Waals surface area (Å²) in [5, 5.41) is 9.72. The molecule has 1 aliphatic carbocycles. The quantitative estimate of drug-likeness (QED) is 0.679. The molecule has 7 nitrogen and oxygen atoms in total. The largest absolute Gasteiger partial charge is 0.345 e. The van der Waals surface area contributed by atoms with Gasteiger partial charge in [0.05, 0.1) is 6.54 Å². The molecule has 2 amide bonds. The predicted molar refractivity (Wildman–Crippen MR) is 111 cm³/mol. The Labute approximate surface area is 173 Å². The van der Waals surface area contributed by atoms with Gasteiger partial charge < -0.3 is 5.32 Å². The molecule has 2 N–H and O–H groups in total. The maximum atomic E-state index is 12.3. The first kappa shape index (κ1) is 20.5. The number of amides is 2. The van der Waals surface area contributed by atoms with E-state index in [9.17, 15) is 9.59 Å². The molecule has 1 aromatic carbocycles. The number of halogens is 1. The van der Waals surface area contributed by atoms with Gasteiger partial charge in [0, 0.05) is 10.9 Å². The summed E-state index contributed by atoms with van der Waals surface area (Å²) in [6, 6.07) is 7.29. The first-order chi connectivity index (χ1) is 13.5. The molecular formula is C20H26BrN5O2. The second-order valence-electron chi connectivity index (χ2n) is 7.38. The molecule has 28 heavy (non-hydrogen) atoms. The van der Waals surface area contributed by atoms with Crippen molar-refractivity contribution in [1.29, 1.82) is 0 Å². The van der Waals surface area contributed by atoms with Crippen molar-refractivity contribution >= 4 is 33.7 Å². The number of anilines is 1. The number of rotatable bonds is 7. The number of benzene rings is 1. The Morgan fingerprint density at radius 3 is 2.64 bits per heavy atom. The van der Waals surface area contributed by atoms with Crippen LogP contribution in [0.2, 0.25) is 0 Å². The van der Waals surface area contributed by atoms with Crippen LogP contribution in [-0.2, 0) is 16.1 Å². The molecule has 8 heteroatoms. The van der Waals surface area contributed by atoms with E-state index in [1.54, 1.807) is 17.9 Å². The summed E-state index contributed by atoms with van der Waals surface area (Å²) in [5.74, 6) is 0.289. The third-order valence-corrected chi connectivity index (χ3v) is 5.53. The first-order valence-electron chi connectivity index (χ1n) is 9.73. The average Bonchev–Trinajstić information content (AvgIpc) is 3.11. The topological polar surface area (TPSA) is 88.9 Å². The second kappa shape index (κ2) is 9.82. The van der Waals surface area contributed by atoms with Crippen molar-refractivity contribution in [3.05, 3.63) is 40.6 Å². The molecule has 1 saturated carbocycles. The summed E-state index contributed by atoms with van der Waals surface area (Å²) in [5.41, 5.74) is 1.08. The highest BCUT2D eigenvalue weighted by atomic mass is 79.9. The van der Waals surface area contributed by atoms with Gasteiger partial charge in [-0.2, -0.15) is 0 Å². The van der Waals surface area contributed by atoms with E-state index in [4.69, 9.17) is 0 Å². The minimum atomic E-state index is -0.630. The molecule has 1 heterocycles. The minimum absolute atomic E-state index is 0.0664. The monoisotopic (exact) mass is 447 g/mol. The van der Waals surface area contributed by atoms with E-state index < -0.39 is 6.04 Å². The van der Waals surface area contributed by atoms with Gasteiger partial charge in [-0.25, -0.2) is 9.67 Å². The first-order valence-corrected chi connectivity index (χ1v) is 10.5. The van der Waals surface area contributed by atoms with Gasteiger partial charge in [0.1, 0.15) is 12.4 Å². The van der Waals surface area contributed by atoms with Crippen molar-refractivity contribution < 1.29 is 9.59 Å². The lowest BCUT2D eigenvalue weighted by atomic mass is 9.87. The van der Waals surface area contributed by atoms with Crippen LogP contribution in [0.15, 0.2) is 35.1 Å². The van der Waals surface area contributed by atoms with Gasteiger partial charge in [-0.3, -0.25) is 14.9 Å². The van der Waals surface area contributed by atoms with E-state index in [0.29, 0.717) is 18.9 Å². The summed E-state index contributed by atoms with van der Waals surface area (Å²) in [4.78, 5) is 28.6. The maximum absolute atomic E-state index is 12.3. The second-order valence-corrected chi connectivity index (χ2v) is 8.29. The highest BCUT2D eigenvalue weighted by Gasteiger charge is 2.21. The maximum Gasteiger partial charge on any atom is 0.249 e. The van der Waals surface area contributed by atoms with Crippen LogP contribution in [0.3, 0.4) is 0 Å². The molecule has 0 aliphatic heterocycles. The fraction of sp³-hybridized carbons (Fsp3) is 0.500. The van der Waals surface area contributed by atoms with Crippen molar-refractivity contribution in [2.24, 2.45) is 5.92 Å². The van der Waals surface area contributed by atoms with Crippen molar-refractivity contribution in [3.63, 3.8) is 0 Å². The lowest BCUT2D eigenvalue weighted by Crippen LogP contribution is -2.42. The highest BCUT2D eigenvalue weighted by Crippen LogP contribution is 2.26. The predicted octanol–water partition coefficient (Wildman–Crippen LogP) is 3.50. The molecule has 3 rings (SSSR count). The minimum Gasteiger partial charge on any atom is -0.345 e. The van der Waals surface area contributed by atoms with Gasteiger partial charge in [0.25, 0.3) is 0 Å². The van der Waals surface area contributed by atoms with Gasteiger partial charge in [0.15, 0.2) is 0 Å². The van der Waals surface area contributed by atoms with Crippen LogP contribution < -0.4 is 10.6 Å². The molecule has 1 atom stereocenters. The summed E-state index contributed by atoms with van der Waals surface area (Å²) < 4.78 is 2.67. The lowest BCUT2D eigenvalue weighted by Gasteiger charge is -2.21. The van der Waals surface area contributed by atoms with Crippen LogP contribution in [0.1, 0.15) is 51.0 Å². The molecule has 1 aliphatic rings. The SMILES string of the molecule is CC(NC(=O)CC1CCCCC1)C(=O)Nc1ncn(Cc2ccc(Br)cc2)n1. The van der Waals surface area contributed by atoms with E-state index in [-0.39, 0.29) is 17.8 Å². The number of carbonyl (C=O) groups excluding carboxylic acids is 2. The number of nitrogens with one attached hydrogen (secondary N) is 2. The molecule has 0 saturated heterocycles. The number of aromatic nitrogens is 3. The Hall–Kier alpha value is -2.22. The lowest BCUT2D eigenvalue weighted by molar-refractivity contribution is -0.127. The Balaban J connectivity index is 1.46. The zero-order chi connectivity index (χ0) is 19.9. The zero-order valence-electron chi connectivity index (χ0n) is 16.0. The Kier molecular flexibility index (Phi) is 7.19. The zero-order valence-corrected chi connectivity index (χ0v) is 17.6. The standard InChI is InChI=1S/C20H26BrN5O2/c1-14(23-18(27)11-15-5-3-2-4-6-15)19(28)24-20-22-13-26(25-20)12-16-7-9-17(21)10-8-16/h7-10,13-15H,2-6,11-12H2,1H3,(H,23,27)(H,24,25,28). The van der Waals surface area contributed by atoms with Gasteiger partial charge in [-0.1, -0.05) is 47.3 Å². The molecule has 1 fully saturated rings. The van der Waals surface area contributed by atoms with Crippen molar-refractivity contribution in [3.8, 4) is 0 Å². The van der Waals surface area contributed by atoms with E-state index in [1.807, 2.05) is 24.3 Å². The summed E-state index contributed by atoms with van der Waals surface area (Å²) >= 11 is 3.41. The Morgan fingerprint density at radius 1 is 1.21 bits per heavy atom. The van der Waals surface area contributed by atoms with Gasteiger partial charge >= 0.3 is 0 Å². The van der Waals surface area contributed by atoms with E-state index in [0.717, 1.165) is 22.9 Å². The van der Waals surface area contributed by atoms with E-state index in [2.05, 4.69) is 36.6 Å². The number of hydrogen-bond acceptors (Lipinski definition) is 4. The smallest absolute Gasteiger partial charge is 0.249 e. The van der Waals surface area contributed by atoms with E-state index in [1.165, 1.54) is 19.3 Å². The fourth-order valence-electron chi connectivity index (χ4n) is 3.44. The molecular weight excluding hydrogens is 422 g/mol. The Morgan fingerprint density at radius 2 is 1.93 bits per heavy atom. The molecule has 1 aromatic heterocycles. The average molecular weight is 448 g/mol. The van der Waals surface area contributed by atoms with Crippen LogP contribution in [0, 0.1) is 5.92 Å². The molecule has 1 unspecified atom stereocenters. The summed E-state index contributed by atoms with van der Waals surface area (Å²) in [6.45, 7) is 2.23. The molecule has 2 aromatic rings. The third-order valence-electron chi connectivity index (χ3n) is 5.00. The third kappa shape index (κ3) is 6.15. The number of nitrogens with zero attached hydrogens (tertiary/aromatic N) is 3. The van der Waals surface area contributed by atoms with Crippen LogP contribution in [-0.4, -0.2) is 32.6 Å². The molecule has 150 valence electrons. The van der Waals surface area contributed by atoms with Crippen LogP contribution in [0.25, 0.3) is 0 Å². The normalized spacial score (nSPS) is 15.8. The molecule has 0 spiro atoms. The van der Waals surface area contributed by atoms with Crippen LogP contribution in [0.4, 0.5) is 5.95 Å². The fourth-order valence-corrected chi connectivity index (χ4v) is 3.71. The summed E-state index contributed by atoms with van der Waals surface area (Å²) in [6.07, 6.45) is 7.94. The van der Waals surface area contributed by atoms with Crippen molar-refractivity contribution in [2.45, 2.75) is 58.0 Å². The number of carbonyl (C=O) groups is 2. The van der Waals surface area contributed by atoms with Crippen LogP contribution >= 0.6 is 15.9 Å². The van der Waals surface area contributed by atoms with Crippen molar-refractivity contribution in [2.75, 3.05) is 5.32 Å².